The number of nitrogens with one attached hydrogen (secondary N) is 1. The van der Waals surface area contributed by atoms with E-state index in [0.29, 0.717) is 11.1 Å². The first-order valence-electron chi connectivity index (χ1n) is 8.08. The average molecular weight is 308 g/mol. The zero-order valence-corrected chi connectivity index (χ0v) is 14.1. The van der Waals surface area contributed by atoms with Gasteiger partial charge in [-0.15, -0.1) is 0 Å². The fourth-order valence-electron chi connectivity index (χ4n) is 3.13. The summed E-state index contributed by atoms with van der Waals surface area (Å²) in [5, 5.41) is 4.20. The molecule has 0 unspecified atom stereocenters. The molecule has 0 amide bonds. The Hall–Kier alpha value is -1.09. The van der Waals surface area contributed by atoms with Crippen LogP contribution in [0.15, 0.2) is 18.0 Å². The van der Waals surface area contributed by atoms with E-state index < -0.39 is 0 Å². The molecule has 0 bridgehead atoms. The molecule has 1 fully saturated rings. The van der Waals surface area contributed by atoms with Crippen LogP contribution in [0.5, 0.6) is 0 Å². The third-order valence-corrected chi connectivity index (χ3v) is 4.83. The second-order valence-electron chi connectivity index (χ2n) is 5.89. The van der Waals surface area contributed by atoms with Gasteiger partial charge in [0.05, 0.1) is 5.69 Å². The van der Waals surface area contributed by atoms with Crippen molar-refractivity contribution in [2.75, 3.05) is 5.32 Å². The standard InChI is InChI=1S/C17H26ClN3/c1-4-6-12(3)13-7-9-14(10-8-13)21-17-16(18)15(5-2)19-11-20-17/h6,11,13-14H,4-5,7-10H2,1-3H3,(H,19,20,21). The lowest BCUT2D eigenvalue weighted by Gasteiger charge is -2.30. The number of aryl methyl sites for hydroxylation is 1. The van der Waals surface area contributed by atoms with Crippen LogP contribution in [0, 0.1) is 5.92 Å². The van der Waals surface area contributed by atoms with Crippen molar-refractivity contribution in [1.82, 2.24) is 9.97 Å². The number of hydrogen-bond acceptors (Lipinski definition) is 3. The van der Waals surface area contributed by atoms with Gasteiger partial charge in [0.1, 0.15) is 17.2 Å². The summed E-state index contributed by atoms with van der Waals surface area (Å²) in [4.78, 5) is 8.51. The lowest BCUT2D eigenvalue weighted by Crippen LogP contribution is -2.27. The Morgan fingerprint density at radius 3 is 2.62 bits per heavy atom. The average Bonchev–Trinajstić information content (AvgIpc) is 2.50. The third-order valence-electron chi connectivity index (χ3n) is 4.43. The summed E-state index contributed by atoms with van der Waals surface area (Å²) in [5.41, 5.74) is 2.48. The van der Waals surface area contributed by atoms with Crippen LogP contribution in [0.25, 0.3) is 0 Å². The molecule has 116 valence electrons. The van der Waals surface area contributed by atoms with E-state index in [1.807, 2.05) is 0 Å². The molecule has 4 heteroatoms. The van der Waals surface area contributed by atoms with Crippen LogP contribution in [0.4, 0.5) is 5.82 Å². The molecule has 1 aliphatic carbocycles. The van der Waals surface area contributed by atoms with E-state index in [2.05, 4.69) is 42.1 Å². The highest BCUT2D eigenvalue weighted by molar-refractivity contribution is 6.33. The molecular formula is C17H26ClN3. The maximum absolute atomic E-state index is 6.35. The molecule has 1 heterocycles. The van der Waals surface area contributed by atoms with Crippen LogP contribution < -0.4 is 5.32 Å². The van der Waals surface area contributed by atoms with E-state index in [1.54, 1.807) is 11.9 Å². The zero-order valence-electron chi connectivity index (χ0n) is 13.3. The molecule has 1 saturated carbocycles. The molecule has 1 N–H and O–H groups in total. The Labute approximate surface area is 133 Å². The van der Waals surface area contributed by atoms with Crippen LogP contribution in [0.2, 0.25) is 5.02 Å². The van der Waals surface area contributed by atoms with Crippen molar-refractivity contribution < 1.29 is 0 Å². The molecule has 0 radical (unpaired) electrons. The van der Waals surface area contributed by atoms with Crippen molar-refractivity contribution in [2.45, 2.75) is 65.3 Å². The van der Waals surface area contributed by atoms with E-state index in [4.69, 9.17) is 11.6 Å². The van der Waals surface area contributed by atoms with E-state index in [1.165, 1.54) is 25.7 Å². The fourth-order valence-corrected chi connectivity index (χ4v) is 3.41. The predicted octanol–water partition coefficient (Wildman–Crippen LogP) is 5.02. The number of aromatic nitrogens is 2. The molecular weight excluding hydrogens is 282 g/mol. The Kier molecular flexibility index (Phi) is 6.04. The number of halogens is 1. The molecule has 0 saturated heterocycles. The molecule has 1 aromatic heterocycles. The van der Waals surface area contributed by atoms with Crippen LogP contribution in [-0.4, -0.2) is 16.0 Å². The van der Waals surface area contributed by atoms with Crippen molar-refractivity contribution in [3.63, 3.8) is 0 Å². The summed E-state index contributed by atoms with van der Waals surface area (Å²) in [6.07, 6.45) is 10.8. The maximum atomic E-state index is 6.35. The predicted molar refractivity (Wildman–Crippen MR) is 89.8 cm³/mol. The highest BCUT2D eigenvalue weighted by atomic mass is 35.5. The minimum absolute atomic E-state index is 0.479. The summed E-state index contributed by atoms with van der Waals surface area (Å²) in [5.74, 6) is 1.56. The van der Waals surface area contributed by atoms with Crippen molar-refractivity contribution in [3.8, 4) is 0 Å². The topological polar surface area (TPSA) is 37.8 Å². The van der Waals surface area contributed by atoms with Gasteiger partial charge in [0.2, 0.25) is 0 Å². The number of nitrogens with zero attached hydrogens (tertiary/aromatic N) is 2. The van der Waals surface area contributed by atoms with Gasteiger partial charge >= 0.3 is 0 Å². The first-order valence-corrected chi connectivity index (χ1v) is 8.46. The molecule has 0 atom stereocenters. The molecule has 2 rings (SSSR count). The Bertz CT molecular complexity index is 491. The zero-order chi connectivity index (χ0) is 15.2. The lowest BCUT2D eigenvalue weighted by atomic mass is 9.81. The highest BCUT2D eigenvalue weighted by Crippen LogP contribution is 2.32. The van der Waals surface area contributed by atoms with Crippen molar-refractivity contribution >= 4 is 17.4 Å². The Morgan fingerprint density at radius 2 is 2.00 bits per heavy atom. The quantitative estimate of drug-likeness (QED) is 0.776. The smallest absolute Gasteiger partial charge is 0.148 e. The van der Waals surface area contributed by atoms with Gasteiger partial charge in [0, 0.05) is 6.04 Å². The first-order chi connectivity index (χ1) is 10.2. The van der Waals surface area contributed by atoms with Crippen LogP contribution >= 0.6 is 11.6 Å². The lowest BCUT2D eigenvalue weighted by molar-refractivity contribution is 0.376. The third kappa shape index (κ3) is 4.19. The van der Waals surface area contributed by atoms with Gasteiger partial charge in [-0.25, -0.2) is 9.97 Å². The summed E-state index contributed by atoms with van der Waals surface area (Å²) in [7, 11) is 0. The van der Waals surface area contributed by atoms with Crippen molar-refractivity contribution in [1.29, 1.82) is 0 Å². The highest BCUT2D eigenvalue weighted by Gasteiger charge is 2.23. The van der Waals surface area contributed by atoms with E-state index >= 15 is 0 Å². The maximum Gasteiger partial charge on any atom is 0.148 e. The molecule has 1 aliphatic rings. The SMILES string of the molecule is CCC=C(C)C1CCC(Nc2ncnc(CC)c2Cl)CC1. The van der Waals surface area contributed by atoms with Gasteiger partial charge in [-0.05, 0) is 51.4 Å². The summed E-state index contributed by atoms with van der Waals surface area (Å²) in [6, 6.07) is 0.479. The molecule has 0 spiro atoms. The summed E-state index contributed by atoms with van der Waals surface area (Å²) in [6.45, 7) is 6.54. The Morgan fingerprint density at radius 1 is 1.29 bits per heavy atom. The molecule has 0 aromatic carbocycles. The van der Waals surface area contributed by atoms with Gasteiger partial charge in [0.15, 0.2) is 0 Å². The van der Waals surface area contributed by atoms with E-state index in [0.717, 1.165) is 30.3 Å². The molecule has 21 heavy (non-hydrogen) atoms. The normalized spacial score (nSPS) is 23.1. The van der Waals surface area contributed by atoms with Crippen LogP contribution in [-0.2, 0) is 6.42 Å². The van der Waals surface area contributed by atoms with Gasteiger partial charge in [-0.2, -0.15) is 0 Å². The first kappa shape index (κ1) is 16.3. The Balaban J connectivity index is 1.94. The summed E-state index contributed by atoms with van der Waals surface area (Å²) >= 11 is 6.35. The van der Waals surface area contributed by atoms with Crippen LogP contribution in [0.3, 0.4) is 0 Å². The largest absolute Gasteiger partial charge is 0.366 e. The number of anilines is 1. The van der Waals surface area contributed by atoms with E-state index in [9.17, 15) is 0 Å². The second kappa shape index (κ2) is 7.79. The monoisotopic (exact) mass is 307 g/mol. The number of hydrogen-bond donors (Lipinski definition) is 1. The van der Waals surface area contributed by atoms with Gasteiger partial charge < -0.3 is 5.32 Å². The number of allylic oxidation sites excluding steroid dienone is 2. The van der Waals surface area contributed by atoms with Gasteiger partial charge in [-0.3, -0.25) is 0 Å². The van der Waals surface area contributed by atoms with Crippen molar-refractivity contribution in [2.24, 2.45) is 5.92 Å². The fraction of sp³-hybridized carbons (Fsp3) is 0.647. The van der Waals surface area contributed by atoms with E-state index in [-0.39, 0.29) is 0 Å². The van der Waals surface area contributed by atoms with Gasteiger partial charge in [0.25, 0.3) is 0 Å². The summed E-state index contributed by atoms with van der Waals surface area (Å²) < 4.78 is 0. The second-order valence-corrected chi connectivity index (χ2v) is 6.26. The van der Waals surface area contributed by atoms with Crippen molar-refractivity contribution in [3.05, 3.63) is 28.7 Å². The molecule has 3 nitrogen and oxygen atoms in total. The van der Waals surface area contributed by atoms with Gasteiger partial charge in [-0.1, -0.05) is 37.1 Å². The number of rotatable bonds is 5. The van der Waals surface area contributed by atoms with Crippen LogP contribution in [0.1, 0.15) is 58.6 Å². The molecule has 0 aliphatic heterocycles. The molecule has 1 aromatic rings. The minimum atomic E-state index is 0.479. The minimum Gasteiger partial charge on any atom is -0.366 e.